The van der Waals surface area contributed by atoms with Gasteiger partial charge in [0.25, 0.3) is 0 Å². The first-order valence-electron chi connectivity index (χ1n) is 27.2. The molecule has 1 atom stereocenters. The van der Waals surface area contributed by atoms with E-state index in [9.17, 15) is 0 Å². The van der Waals surface area contributed by atoms with Crippen LogP contribution in [0.4, 0.5) is 34.1 Å². The van der Waals surface area contributed by atoms with E-state index in [2.05, 4.69) is 243 Å². The summed E-state index contributed by atoms with van der Waals surface area (Å²) in [7, 11) is 0. The molecule has 5 heteroatoms. The van der Waals surface area contributed by atoms with Gasteiger partial charge in [0.1, 0.15) is 0 Å². The van der Waals surface area contributed by atoms with E-state index in [1.807, 2.05) is 0 Å². The molecule has 4 aliphatic heterocycles. The monoisotopic (exact) mass is 1040 g/mol. The van der Waals surface area contributed by atoms with Crippen molar-refractivity contribution in [2.24, 2.45) is 0 Å². The van der Waals surface area contributed by atoms with Gasteiger partial charge >= 0.3 is 452 Å². The zero-order chi connectivity index (χ0) is 50.6. The summed E-state index contributed by atoms with van der Waals surface area (Å²) in [5.41, 5.74) is 30.5. The van der Waals surface area contributed by atoms with Crippen molar-refractivity contribution in [2.75, 3.05) is 9.80 Å². The van der Waals surface area contributed by atoms with E-state index in [-0.39, 0.29) is 0 Å². The summed E-state index contributed by atoms with van der Waals surface area (Å²) in [6.45, 7) is 6.73. The van der Waals surface area contributed by atoms with E-state index >= 15 is 0 Å². The summed E-state index contributed by atoms with van der Waals surface area (Å²) < 4.78 is 19.2. The molecule has 0 saturated heterocycles. The van der Waals surface area contributed by atoms with Crippen LogP contribution in [-0.2, 0) is 10.8 Å². The molecule has 0 bridgehead atoms. The van der Waals surface area contributed by atoms with Gasteiger partial charge in [-0.2, -0.15) is 0 Å². The Balaban J connectivity index is 0.903. The van der Waals surface area contributed by atoms with Crippen molar-refractivity contribution in [1.29, 1.82) is 0 Å². The Morgan fingerprint density at radius 1 is 0.338 bits per heavy atom. The van der Waals surface area contributed by atoms with Crippen molar-refractivity contribution >= 4 is 60.6 Å². The van der Waals surface area contributed by atoms with Gasteiger partial charge in [-0.25, -0.2) is 0 Å². The van der Waals surface area contributed by atoms with Crippen molar-refractivity contribution in [3.05, 3.63) is 267 Å². The van der Waals surface area contributed by atoms with Crippen LogP contribution in [0.2, 0.25) is 5.76 Å². The Labute approximate surface area is 449 Å². The first kappa shape index (κ1) is 41.4. The maximum atomic E-state index is 7.61. The van der Waals surface area contributed by atoms with Crippen LogP contribution < -0.4 is 32.5 Å². The van der Waals surface area contributed by atoms with Gasteiger partial charge in [0.2, 0.25) is 0 Å². The molecule has 360 valence electrons. The quantitative estimate of drug-likeness (QED) is 0.153. The van der Waals surface area contributed by atoms with Gasteiger partial charge in [-0.1, -0.05) is 0 Å². The molecule has 0 radical (unpaired) electrons. The van der Waals surface area contributed by atoms with Crippen molar-refractivity contribution in [3.63, 3.8) is 0 Å². The van der Waals surface area contributed by atoms with Crippen LogP contribution in [0.15, 0.2) is 206 Å². The average molecular weight is 1040 g/mol. The van der Waals surface area contributed by atoms with Crippen LogP contribution in [0.25, 0.3) is 44.5 Å². The third-order valence-electron chi connectivity index (χ3n) is 19.3. The normalized spacial score (nSPS) is 17.5. The number of hydrogen-bond acceptors (Lipinski definition) is 4. The predicted molar refractivity (Wildman–Crippen MR) is 313 cm³/mol. The van der Waals surface area contributed by atoms with E-state index in [0.717, 1.165) is 39.9 Å². The van der Waals surface area contributed by atoms with E-state index in [0.29, 0.717) is 0 Å². The van der Waals surface area contributed by atoms with Crippen molar-refractivity contribution in [1.82, 2.24) is 0 Å². The van der Waals surface area contributed by atoms with E-state index < -0.39 is 24.1 Å². The fourth-order valence-electron chi connectivity index (χ4n) is 16.7. The molecule has 0 fully saturated rings. The van der Waals surface area contributed by atoms with Crippen molar-refractivity contribution in [3.8, 4) is 67.5 Å². The first-order chi connectivity index (χ1) is 37.8. The second-order valence-electron chi connectivity index (χ2n) is 22.9. The summed E-state index contributed by atoms with van der Waals surface area (Å²) in [6, 6.07) is 78.9. The molecule has 2 spiro atoms. The van der Waals surface area contributed by atoms with Crippen LogP contribution in [-0.4, -0.2) is 13.3 Å². The molecule has 8 aliphatic rings. The maximum absolute atomic E-state index is 7.61. The zero-order valence-electron chi connectivity index (χ0n) is 42.8. The number of fused-ring (bicyclic) bond motifs is 23. The number of aryl methyl sites for hydroxylation is 3. The molecule has 11 aromatic carbocycles. The molecule has 4 nitrogen and oxygen atoms in total. The van der Waals surface area contributed by atoms with Gasteiger partial charge in [0, 0.05) is 0 Å². The fraction of sp³-hybridized carbons (Fsp3) is 0.0833. The Bertz CT molecular complexity index is 4550. The molecular formula is C72H46GeN2O2. The van der Waals surface area contributed by atoms with Gasteiger partial charge < -0.3 is 0 Å². The Morgan fingerprint density at radius 3 is 1.25 bits per heavy atom. The Hall–Kier alpha value is -8.84. The molecule has 0 N–H and O–H groups in total. The third-order valence-corrected chi connectivity index (χ3v) is 28.7. The fourth-order valence-corrected chi connectivity index (χ4v) is 26.7. The number of benzene rings is 11. The number of ether oxygens (including phenoxy) is 2. The van der Waals surface area contributed by atoms with E-state index in [4.69, 9.17) is 9.47 Å². The van der Waals surface area contributed by atoms with Gasteiger partial charge in [-0.05, 0) is 0 Å². The second-order valence-corrected chi connectivity index (χ2v) is 30.8. The summed E-state index contributed by atoms with van der Waals surface area (Å²) in [4.78, 5) is 5.24. The first-order valence-corrected chi connectivity index (χ1v) is 32.4. The summed E-state index contributed by atoms with van der Waals surface area (Å²) in [6.07, 6.45) is 0. The number of hydrogen-bond donors (Lipinski definition) is 0. The molecule has 4 aliphatic carbocycles. The summed E-state index contributed by atoms with van der Waals surface area (Å²) in [5, 5.41) is 0. The summed E-state index contributed by atoms with van der Waals surface area (Å²) in [5.74, 6) is 6.45. The molecule has 19 rings (SSSR count). The number of anilines is 6. The molecule has 0 saturated carbocycles. The van der Waals surface area contributed by atoms with Crippen LogP contribution >= 0.6 is 0 Å². The molecule has 11 aromatic rings. The molecule has 77 heavy (non-hydrogen) atoms. The Morgan fingerprint density at radius 2 is 0.753 bits per heavy atom. The van der Waals surface area contributed by atoms with E-state index in [1.54, 1.807) is 0 Å². The van der Waals surface area contributed by atoms with Gasteiger partial charge in [-0.3, -0.25) is 0 Å². The SMILES string of the molecule is Cc1cc2[c]3c(c1)N(c1ccc4c(c1)C1(c5ccccc5-c5ccccc51)c1ccccc1-4)c1cc(C)c4c5[c]1[Ge]3([CH3])[c]1c(cc(C)cc1N5c1cc3c(cc1O4)-c1ccccc1C31c3ccccc3-c3ccccc31)O2. The molecule has 0 aromatic heterocycles. The molecular weight excluding hydrogens is 997 g/mol. The van der Waals surface area contributed by atoms with Crippen LogP contribution in [0, 0.1) is 20.8 Å². The molecule has 4 heterocycles. The zero-order valence-corrected chi connectivity index (χ0v) is 44.9. The van der Waals surface area contributed by atoms with Gasteiger partial charge in [0.05, 0.1) is 0 Å². The Kier molecular flexibility index (Phi) is 7.30. The number of nitrogens with zero attached hydrogens (tertiary/aromatic N) is 2. The van der Waals surface area contributed by atoms with Crippen LogP contribution in [0.3, 0.4) is 0 Å². The van der Waals surface area contributed by atoms with Crippen LogP contribution in [0.5, 0.6) is 23.0 Å². The van der Waals surface area contributed by atoms with Crippen LogP contribution in [0.1, 0.15) is 61.2 Å². The van der Waals surface area contributed by atoms with E-state index in [1.165, 1.54) is 136 Å². The second kappa shape index (κ2) is 13.6. The minimum absolute atomic E-state index is 0.482. The van der Waals surface area contributed by atoms with Crippen molar-refractivity contribution < 1.29 is 9.47 Å². The summed E-state index contributed by atoms with van der Waals surface area (Å²) >= 11 is -3.72. The standard InChI is InChI=1S/C72H46GeN2O2/c1-39-31-60-66-64(33-39)76-65-34-40(2)32-61-67(65)73(66,4)68-62(74(60)42-29-30-49-47-21-9-15-27-55(47)71(57(49)36-42)51-23-11-5-17-43(51)44-18-6-12-24-52(44)71)35-41(3)70-69(68)75(61)59-38-58-50(37-63(59)77-70)48-22-10-16-28-56(48)72(58)53-25-13-7-19-45(53)46-20-8-14-26-54(46)72/h5-38H,1-4H3. The molecule has 0 amide bonds. The molecule has 1 unspecified atom stereocenters. The van der Waals surface area contributed by atoms with Gasteiger partial charge in [-0.15, -0.1) is 0 Å². The number of rotatable bonds is 1. The van der Waals surface area contributed by atoms with Crippen molar-refractivity contribution in [2.45, 2.75) is 37.4 Å². The average Bonchev–Trinajstić information content (AvgIpc) is 4.26. The minimum atomic E-state index is -3.72. The van der Waals surface area contributed by atoms with Gasteiger partial charge in [0.15, 0.2) is 0 Å². The predicted octanol–water partition coefficient (Wildman–Crippen LogP) is 16.2. The third kappa shape index (κ3) is 4.49. The topological polar surface area (TPSA) is 24.9 Å².